The van der Waals surface area contributed by atoms with E-state index in [1.807, 2.05) is 20.8 Å². The molecule has 1 aromatic carbocycles. The largest absolute Gasteiger partial charge is 0.493 e. The van der Waals surface area contributed by atoms with Crippen molar-refractivity contribution in [3.8, 4) is 23.2 Å². The molecular formula is C25H32N6O5. The van der Waals surface area contributed by atoms with Crippen LogP contribution < -0.4 is 30.4 Å². The van der Waals surface area contributed by atoms with Gasteiger partial charge in [0.25, 0.3) is 5.56 Å². The van der Waals surface area contributed by atoms with Crippen LogP contribution in [0.15, 0.2) is 23.0 Å². The van der Waals surface area contributed by atoms with Gasteiger partial charge in [-0.25, -0.2) is 9.78 Å². The Morgan fingerprint density at radius 3 is 2.28 bits per heavy atom. The maximum Gasteiger partial charge on any atom is 0.324 e. The lowest BCUT2D eigenvalue weighted by molar-refractivity contribution is 0.262. The van der Waals surface area contributed by atoms with Crippen LogP contribution in [0.5, 0.6) is 17.2 Å². The second-order valence-electron chi connectivity index (χ2n) is 9.59. The predicted octanol–water partition coefficient (Wildman–Crippen LogP) is 3.80. The number of nitrogens with zero attached hydrogens (tertiary/aromatic N) is 3. The van der Waals surface area contributed by atoms with Crippen LogP contribution in [0.4, 0.5) is 16.3 Å². The molecule has 2 amide bonds. The van der Waals surface area contributed by atoms with Crippen LogP contribution in [0, 0.1) is 0 Å². The molecule has 0 bridgehead atoms. The van der Waals surface area contributed by atoms with E-state index in [9.17, 15) is 9.59 Å². The molecule has 0 fully saturated rings. The van der Waals surface area contributed by atoms with Gasteiger partial charge in [-0.2, -0.15) is 9.78 Å². The number of aromatic nitrogens is 4. The summed E-state index contributed by atoms with van der Waals surface area (Å²) in [6, 6.07) is 4.50. The molecule has 3 aromatic rings. The van der Waals surface area contributed by atoms with Crippen molar-refractivity contribution in [3.63, 3.8) is 0 Å². The fourth-order valence-corrected chi connectivity index (χ4v) is 4.12. The van der Waals surface area contributed by atoms with Gasteiger partial charge in [0.05, 0.1) is 38.4 Å². The summed E-state index contributed by atoms with van der Waals surface area (Å²) in [4.78, 5) is 33.3. The molecule has 1 aliphatic carbocycles. The number of H-pyrrole nitrogens is 1. The summed E-state index contributed by atoms with van der Waals surface area (Å²) >= 11 is 0. The molecule has 36 heavy (non-hydrogen) atoms. The van der Waals surface area contributed by atoms with Crippen LogP contribution in [-0.4, -0.2) is 47.1 Å². The van der Waals surface area contributed by atoms with E-state index in [4.69, 9.17) is 14.2 Å². The molecule has 11 nitrogen and oxygen atoms in total. The summed E-state index contributed by atoms with van der Waals surface area (Å²) < 4.78 is 17.5. The first-order chi connectivity index (χ1) is 17.1. The second-order valence-corrected chi connectivity index (χ2v) is 9.59. The van der Waals surface area contributed by atoms with E-state index in [2.05, 4.69) is 25.7 Å². The number of fused-ring (bicyclic) bond motifs is 1. The van der Waals surface area contributed by atoms with Crippen LogP contribution in [0.3, 0.4) is 0 Å². The van der Waals surface area contributed by atoms with E-state index in [1.54, 1.807) is 18.2 Å². The lowest BCUT2D eigenvalue weighted by Crippen LogP contribution is -2.26. The maximum absolute atomic E-state index is 13.0. The van der Waals surface area contributed by atoms with Gasteiger partial charge in [-0.05, 0) is 25.7 Å². The number of anilines is 2. The van der Waals surface area contributed by atoms with Gasteiger partial charge >= 0.3 is 6.03 Å². The highest BCUT2D eigenvalue weighted by atomic mass is 16.5. The molecule has 0 saturated heterocycles. The summed E-state index contributed by atoms with van der Waals surface area (Å²) in [5.41, 5.74) is 2.19. The van der Waals surface area contributed by atoms with Crippen molar-refractivity contribution in [2.24, 2.45) is 0 Å². The van der Waals surface area contributed by atoms with E-state index in [0.717, 1.165) is 36.2 Å². The van der Waals surface area contributed by atoms with Crippen LogP contribution >= 0.6 is 0 Å². The van der Waals surface area contributed by atoms with Crippen LogP contribution in [-0.2, 0) is 18.3 Å². The van der Waals surface area contributed by atoms with Crippen molar-refractivity contribution < 1.29 is 19.0 Å². The minimum atomic E-state index is -0.522. The number of hydrogen-bond acceptors (Lipinski definition) is 7. The molecule has 0 saturated carbocycles. The fraction of sp³-hybridized carbons (Fsp3) is 0.440. The molecule has 0 atom stereocenters. The van der Waals surface area contributed by atoms with Crippen molar-refractivity contribution in [1.82, 2.24) is 19.7 Å². The van der Waals surface area contributed by atoms with Crippen molar-refractivity contribution in [2.75, 3.05) is 32.0 Å². The van der Waals surface area contributed by atoms with Gasteiger partial charge in [0, 0.05) is 29.2 Å². The smallest absolute Gasteiger partial charge is 0.324 e. The molecule has 4 rings (SSSR count). The number of aryl methyl sites for hydroxylation is 1. The standard InChI is InChI=1S/C25H32N6O5/c1-25(2,3)19-13-20(31(30-19)23-27-16-10-8-7-9-15(16)22(32)29-23)28-24(33)26-14-11-17(34-4)21(36-6)18(12-14)35-5/h11-13H,7-10H2,1-6H3,(H2,26,28,33)(H,27,29,32). The van der Waals surface area contributed by atoms with Gasteiger partial charge < -0.3 is 19.5 Å². The molecule has 11 heteroatoms. The summed E-state index contributed by atoms with van der Waals surface area (Å²) in [6.45, 7) is 6.05. The molecule has 2 aromatic heterocycles. The number of carbonyl (C=O) groups excluding carboxylic acids is 1. The molecule has 2 heterocycles. The number of hydrogen-bond donors (Lipinski definition) is 3. The number of urea groups is 1. The Kier molecular flexibility index (Phi) is 6.91. The summed E-state index contributed by atoms with van der Waals surface area (Å²) in [5.74, 6) is 1.86. The zero-order valence-corrected chi connectivity index (χ0v) is 21.4. The van der Waals surface area contributed by atoms with Gasteiger partial charge in [-0.15, -0.1) is 0 Å². The van der Waals surface area contributed by atoms with Gasteiger partial charge in [0.2, 0.25) is 11.7 Å². The summed E-state index contributed by atoms with van der Waals surface area (Å²) in [5, 5.41) is 10.3. The number of ether oxygens (including phenoxy) is 3. The summed E-state index contributed by atoms with van der Waals surface area (Å²) in [7, 11) is 4.51. The average molecular weight is 497 g/mol. The normalized spacial score (nSPS) is 13.1. The number of rotatable bonds is 6. The van der Waals surface area contributed by atoms with Crippen LogP contribution in [0.2, 0.25) is 0 Å². The van der Waals surface area contributed by atoms with E-state index < -0.39 is 6.03 Å². The van der Waals surface area contributed by atoms with Crippen LogP contribution in [0.1, 0.15) is 50.6 Å². The second kappa shape index (κ2) is 9.92. The molecular weight excluding hydrogens is 464 g/mol. The molecule has 0 spiro atoms. The molecule has 192 valence electrons. The van der Waals surface area contributed by atoms with Crippen molar-refractivity contribution in [3.05, 3.63) is 45.5 Å². The van der Waals surface area contributed by atoms with Gasteiger partial charge in [0.1, 0.15) is 5.82 Å². The highest BCUT2D eigenvalue weighted by Gasteiger charge is 2.24. The zero-order chi connectivity index (χ0) is 26.0. The zero-order valence-electron chi connectivity index (χ0n) is 21.4. The van der Waals surface area contributed by atoms with Crippen molar-refractivity contribution in [1.29, 1.82) is 0 Å². The third-order valence-corrected chi connectivity index (χ3v) is 6.02. The Balaban J connectivity index is 1.68. The van der Waals surface area contributed by atoms with Gasteiger partial charge in [-0.3, -0.25) is 15.1 Å². The lowest BCUT2D eigenvalue weighted by Gasteiger charge is -2.16. The number of carbonyl (C=O) groups is 1. The topological polar surface area (TPSA) is 132 Å². The van der Waals surface area contributed by atoms with Crippen molar-refractivity contribution >= 4 is 17.5 Å². The molecule has 0 aliphatic heterocycles. The minimum absolute atomic E-state index is 0.171. The monoisotopic (exact) mass is 496 g/mol. The Labute approximate surface area is 209 Å². The first-order valence-electron chi connectivity index (χ1n) is 11.8. The number of benzene rings is 1. The Morgan fingerprint density at radius 2 is 1.67 bits per heavy atom. The highest BCUT2D eigenvalue weighted by molar-refractivity contribution is 5.99. The van der Waals surface area contributed by atoms with Gasteiger partial charge in [-0.1, -0.05) is 20.8 Å². The van der Waals surface area contributed by atoms with Crippen LogP contribution in [0.25, 0.3) is 5.95 Å². The average Bonchev–Trinajstić information content (AvgIpc) is 3.27. The fourth-order valence-electron chi connectivity index (χ4n) is 4.12. The first kappa shape index (κ1) is 25.1. The SMILES string of the molecule is COc1cc(NC(=O)Nc2cc(C(C)(C)C)nn2-c2nc3c(c(=O)[nH]2)CCCC3)cc(OC)c1OC. The van der Waals surface area contributed by atoms with Gasteiger partial charge in [0.15, 0.2) is 11.5 Å². The third-order valence-electron chi connectivity index (χ3n) is 6.02. The van der Waals surface area contributed by atoms with E-state index >= 15 is 0 Å². The molecule has 3 N–H and O–H groups in total. The maximum atomic E-state index is 13.0. The third kappa shape index (κ3) is 5.00. The van der Waals surface area contributed by atoms with E-state index in [-0.39, 0.29) is 16.9 Å². The highest BCUT2D eigenvalue weighted by Crippen LogP contribution is 2.40. The Hall–Kier alpha value is -4.02. The lowest BCUT2D eigenvalue weighted by atomic mass is 9.92. The number of methoxy groups -OCH3 is 3. The number of amides is 2. The number of aromatic amines is 1. The van der Waals surface area contributed by atoms with E-state index in [1.165, 1.54) is 26.0 Å². The Bertz CT molecular complexity index is 1310. The predicted molar refractivity (Wildman–Crippen MR) is 136 cm³/mol. The first-order valence-corrected chi connectivity index (χ1v) is 11.8. The molecule has 0 unspecified atom stereocenters. The summed E-state index contributed by atoms with van der Waals surface area (Å²) in [6.07, 6.45) is 3.41. The molecule has 1 aliphatic rings. The quantitative estimate of drug-likeness (QED) is 0.473. The molecule has 0 radical (unpaired) electrons. The number of nitrogens with one attached hydrogen (secondary N) is 3. The van der Waals surface area contributed by atoms with E-state index in [0.29, 0.717) is 35.2 Å². The Morgan fingerprint density at radius 1 is 1.00 bits per heavy atom. The van der Waals surface area contributed by atoms with Crippen molar-refractivity contribution in [2.45, 2.75) is 51.9 Å². The minimum Gasteiger partial charge on any atom is -0.493 e.